The summed E-state index contributed by atoms with van der Waals surface area (Å²) in [4.78, 5) is 42.0. The van der Waals surface area contributed by atoms with Crippen LogP contribution in [0.25, 0.3) is 12.2 Å². The molecule has 2 aliphatic rings. The third kappa shape index (κ3) is 3.49. The van der Waals surface area contributed by atoms with Gasteiger partial charge < -0.3 is 19.5 Å². The van der Waals surface area contributed by atoms with Gasteiger partial charge in [0, 0.05) is 51.3 Å². The highest BCUT2D eigenvalue weighted by atomic mass is 16.3. The predicted molar refractivity (Wildman–Crippen MR) is 118 cm³/mol. The van der Waals surface area contributed by atoms with Gasteiger partial charge in [0.1, 0.15) is 0 Å². The molecule has 1 aromatic carbocycles. The highest BCUT2D eigenvalue weighted by molar-refractivity contribution is 5.83. The Morgan fingerprint density at radius 3 is 2.45 bits per heavy atom. The monoisotopic (exact) mass is 421 g/mol. The molecule has 0 spiro atoms. The lowest BCUT2D eigenvalue weighted by molar-refractivity contribution is -0.137. The number of amides is 2. The Labute approximate surface area is 181 Å². The van der Waals surface area contributed by atoms with Crippen LogP contribution in [-0.4, -0.2) is 58.0 Å². The number of aromatic nitrogens is 1. The van der Waals surface area contributed by atoms with Crippen molar-refractivity contribution in [3.8, 4) is 0 Å². The molecule has 1 aromatic heterocycles. The predicted octanol–water partition coefficient (Wildman–Crippen LogP) is 1.62. The number of nitrogens with zero attached hydrogens (tertiary/aromatic N) is 3. The minimum atomic E-state index is -0.590. The maximum absolute atomic E-state index is 13.3. The number of rotatable bonds is 4. The van der Waals surface area contributed by atoms with Gasteiger partial charge >= 0.3 is 0 Å². The van der Waals surface area contributed by atoms with Crippen molar-refractivity contribution in [1.29, 1.82) is 0 Å². The first kappa shape index (κ1) is 21.1. The van der Waals surface area contributed by atoms with Crippen molar-refractivity contribution < 1.29 is 14.7 Å². The van der Waals surface area contributed by atoms with E-state index in [0.717, 1.165) is 5.56 Å². The quantitative estimate of drug-likeness (QED) is 0.813. The average molecular weight is 421 g/mol. The molecule has 3 heterocycles. The van der Waals surface area contributed by atoms with Crippen molar-refractivity contribution in [3.63, 3.8) is 0 Å². The summed E-state index contributed by atoms with van der Waals surface area (Å²) < 4.78 is 1.67. The first-order chi connectivity index (χ1) is 14.8. The summed E-state index contributed by atoms with van der Waals surface area (Å²) in [5.41, 5.74) is 2.02. The highest BCUT2D eigenvalue weighted by Gasteiger charge is 2.57. The molecule has 2 amide bonds. The summed E-state index contributed by atoms with van der Waals surface area (Å²) in [5, 5.41) is 10.1. The van der Waals surface area contributed by atoms with E-state index in [9.17, 15) is 19.5 Å². The zero-order valence-electron chi connectivity index (χ0n) is 17.9. The Kier molecular flexibility index (Phi) is 5.54. The first-order valence-electron chi connectivity index (χ1n) is 10.4. The number of benzene rings is 1. The Hall–Kier alpha value is -3.19. The Morgan fingerprint density at radius 1 is 1.13 bits per heavy atom. The standard InChI is InChI=1S/C24H27N3O4/c1-15(29)27-20-13-26-19(22(27)21(18(20)14-28)24(31)25(2)3)12-11-17(23(26)30)10-9-16-7-5-4-6-8-16/h4-12,18,20-22,28H,13-14H2,1-3H3/t18-,20-,21+,22+/m1/s1. The first-order valence-corrected chi connectivity index (χ1v) is 10.4. The second-order valence-corrected chi connectivity index (χ2v) is 8.42. The van der Waals surface area contributed by atoms with E-state index >= 15 is 0 Å². The van der Waals surface area contributed by atoms with Gasteiger partial charge in [-0.05, 0) is 23.8 Å². The lowest BCUT2D eigenvalue weighted by Crippen LogP contribution is -2.48. The van der Waals surface area contributed by atoms with Crippen molar-refractivity contribution in [2.45, 2.75) is 25.6 Å². The summed E-state index contributed by atoms with van der Waals surface area (Å²) >= 11 is 0. The van der Waals surface area contributed by atoms with E-state index in [-0.39, 0.29) is 30.5 Å². The molecule has 7 nitrogen and oxygen atoms in total. The Morgan fingerprint density at radius 2 is 1.84 bits per heavy atom. The van der Waals surface area contributed by atoms with Crippen LogP contribution in [0, 0.1) is 11.8 Å². The normalized spacial score (nSPS) is 24.3. The van der Waals surface area contributed by atoms with Crippen molar-refractivity contribution >= 4 is 24.0 Å². The number of carbonyl (C=O) groups is 2. The molecule has 1 N–H and O–H groups in total. The van der Waals surface area contributed by atoms with Gasteiger partial charge in [0.2, 0.25) is 11.8 Å². The Balaban J connectivity index is 1.80. The number of pyridine rings is 1. The number of fused-ring (bicyclic) bond motifs is 4. The van der Waals surface area contributed by atoms with E-state index in [0.29, 0.717) is 11.3 Å². The largest absolute Gasteiger partial charge is 0.396 e. The summed E-state index contributed by atoms with van der Waals surface area (Å²) in [6.07, 6.45) is 3.67. The fourth-order valence-electron chi connectivity index (χ4n) is 5.01. The molecule has 31 heavy (non-hydrogen) atoms. The van der Waals surface area contributed by atoms with Gasteiger partial charge in [-0.2, -0.15) is 0 Å². The molecule has 2 aliphatic heterocycles. The highest BCUT2D eigenvalue weighted by Crippen LogP contribution is 2.48. The van der Waals surface area contributed by atoms with Crippen LogP contribution in [0.5, 0.6) is 0 Å². The van der Waals surface area contributed by atoms with Crippen LogP contribution in [0.4, 0.5) is 0 Å². The van der Waals surface area contributed by atoms with E-state index in [1.54, 1.807) is 35.7 Å². The molecule has 2 bridgehead atoms. The summed E-state index contributed by atoms with van der Waals surface area (Å²) in [6, 6.07) is 12.3. The van der Waals surface area contributed by atoms with Crippen LogP contribution in [0.2, 0.25) is 0 Å². The van der Waals surface area contributed by atoms with E-state index in [1.165, 1.54) is 11.8 Å². The maximum atomic E-state index is 13.3. The molecule has 2 aromatic rings. The number of hydrogen-bond donors (Lipinski definition) is 1. The van der Waals surface area contributed by atoms with Crippen molar-refractivity contribution in [3.05, 3.63) is 69.6 Å². The van der Waals surface area contributed by atoms with Gasteiger partial charge in [-0.25, -0.2) is 0 Å². The smallest absolute Gasteiger partial charge is 0.258 e. The van der Waals surface area contributed by atoms with Gasteiger partial charge in [-0.3, -0.25) is 14.4 Å². The topological polar surface area (TPSA) is 82.9 Å². The number of carbonyl (C=O) groups excluding carboxylic acids is 2. The van der Waals surface area contributed by atoms with E-state index in [1.807, 2.05) is 42.5 Å². The number of hydrogen-bond acceptors (Lipinski definition) is 4. The Bertz CT molecular complexity index is 1090. The van der Waals surface area contributed by atoms with Crippen LogP contribution in [0.15, 0.2) is 47.3 Å². The summed E-state index contributed by atoms with van der Waals surface area (Å²) in [6.45, 7) is 1.51. The molecule has 1 saturated heterocycles. The van der Waals surface area contributed by atoms with Crippen LogP contribution in [0.1, 0.15) is 29.8 Å². The molecular weight excluding hydrogens is 394 g/mol. The lowest BCUT2D eigenvalue weighted by Gasteiger charge is -2.37. The van der Waals surface area contributed by atoms with Crippen molar-refractivity contribution in [2.24, 2.45) is 11.8 Å². The zero-order valence-corrected chi connectivity index (χ0v) is 17.9. The van der Waals surface area contributed by atoms with E-state index in [4.69, 9.17) is 0 Å². The lowest BCUT2D eigenvalue weighted by atomic mass is 9.86. The molecule has 4 rings (SSSR count). The zero-order chi connectivity index (χ0) is 22.3. The second kappa shape index (κ2) is 8.15. The van der Waals surface area contributed by atoms with Gasteiger partial charge in [0.15, 0.2) is 0 Å². The minimum absolute atomic E-state index is 0.147. The molecule has 4 atom stereocenters. The average Bonchev–Trinajstić information content (AvgIpc) is 3.00. The molecular formula is C24H27N3O4. The van der Waals surface area contributed by atoms with E-state index in [2.05, 4.69) is 0 Å². The molecule has 0 radical (unpaired) electrons. The van der Waals surface area contributed by atoms with Gasteiger partial charge in [0.25, 0.3) is 5.56 Å². The van der Waals surface area contributed by atoms with Gasteiger partial charge in [-0.1, -0.05) is 36.4 Å². The third-order valence-corrected chi connectivity index (χ3v) is 6.42. The summed E-state index contributed by atoms with van der Waals surface area (Å²) in [7, 11) is 3.34. The molecule has 0 unspecified atom stereocenters. The third-order valence-electron chi connectivity index (χ3n) is 6.42. The molecule has 7 heteroatoms. The number of aliphatic hydroxyl groups is 1. The fourth-order valence-corrected chi connectivity index (χ4v) is 5.01. The molecule has 0 saturated carbocycles. The number of aliphatic hydroxyl groups excluding tert-OH is 1. The van der Waals surface area contributed by atoms with E-state index < -0.39 is 23.9 Å². The van der Waals surface area contributed by atoms with Crippen molar-refractivity contribution in [2.75, 3.05) is 20.7 Å². The molecule has 0 aliphatic carbocycles. The van der Waals surface area contributed by atoms with Crippen LogP contribution < -0.4 is 5.56 Å². The van der Waals surface area contributed by atoms with Gasteiger partial charge in [-0.15, -0.1) is 0 Å². The SMILES string of the molecule is CC(=O)N1[C@@H]2Cn3c(ccc(C=Cc4ccccc4)c3=O)[C@H]1[C@@H](C(=O)N(C)C)[C@@H]2CO. The second-order valence-electron chi connectivity index (χ2n) is 8.42. The van der Waals surface area contributed by atoms with Gasteiger partial charge in [0.05, 0.1) is 18.0 Å². The maximum Gasteiger partial charge on any atom is 0.258 e. The molecule has 162 valence electrons. The van der Waals surface area contributed by atoms with Crippen molar-refractivity contribution in [1.82, 2.24) is 14.4 Å². The molecule has 1 fully saturated rings. The van der Waals surface area contributed by atoms with Crippen LogP contribution >= 0.6 is 0 Å². The summed E-state index contributed by atoms with van der Waals surface area (Å²) in [5.74, 6) is -1.32. The fraction of sp³-hybridized carbons (Fsp3) is 0.375. The van der Waals surface area contributed by atoms with Crippen LogP contribution in [0.3, 0.4) is 0 Å². The van der Waals surface area contributed by atoms with Crippen LogP contribution in [-0.2, 0) is 16.1 Å². The minimum Gasteiger partial charge on any atom is -0.396 e.